The summed E-state index contributed by atoms with van der Waals surface area (Å²) in [4.78, 5) is 6.98. The molecule has 2 fully saturated rings. The lowest BCUT2D eigenvalue weighted by atomic mass is 9.89. The number of hydrogen-bond donors (Lipinski definition) is 0. The summed E-state index contributed by atoms with van der Waals surface area (Å²) >= 11 is 0. The number of likely N-dealkylation sites (N-methyl/N-ethyl adjacent to an activating group) is 1. The fraction of sp³-hybridized carbons (Fsp3) is 0.867. The number of likely N-dealkylation sites (tertiary alicyclic amines) is 1. The molecule has 0 aromatic carbocycles. The van der Waals surface area contributed by atoms with Crippen LogP contribution in [0, 0.1) is 5.92 Å². The summed E-state index contributed by atoms with van der Waals surface area (Å²) in [6.07, 6.45) is 12.4. The van der Waals surface area contributed by atoms with E-state index in [1.165, 1.54) is 57.3 Å². The molecule has 1 aliphatic heterocycles. The van der Waals surface area contributed by atoms with Crippen LogP contribution in [0.25, 0.3) is 0 Å². The third-order valence-corrected chi connectivity index (χ3v) is 4.94. The molecule has 1 saturated heterocycles. The average Bonchev–Trinajstić information content (AvgIpc) is 3.02. The zero-order valence-electron chi connectivity index (χ0n) is 12.1. The molecule has 0 radical (unpaired) electrons. The Hall–Kier alpha value is -0.900. The van der Waals surface area contributed by atoms with E-state index in [0.29, 0.717) is 6.04 Å². The van der Waals surface area contributed by atoms with Gasteiger partial charge in [-0.05, 0) is 45.2 Å². The molecule has 0 amide bonds. The third-order valence-electron chi connectivity index (χ3n) is 4.94. The van der Waals surface area contributed by atoms with Crippen molar-refractivity contribution in [2.45, 2.75) is 64.0 Å². The second-order valence-electron chi connectivity index (χ2n) is 6.34. The fourth-order valence-electron chi connectivity index (χ4n) is 3.66. The van der Waals surface area contributed by atoms with Crippen molar-refractivity contribution in [1.82, 2.24) is 19.7 Å². The lowest BCUT2D eigenvalue weighted by molar-refractivity contribution is 0.284. The van der Waals surface area contributed by atoms with E-state index < -0.39 is 0 Å². The van der Waals surface area contributed by atoms with E-state index in [1.807, 2.05) is 0 Å². The van der Waals surface area contributed by atoms with Crippen molar-refractivity contribution in [2.24, 2.45) is 5.92 Å². The Morgan fingerprint density at radius 1 is 1.16 bits per heavy atom. The number of nitrogens with zero attached hydrogens (tertiary/aromatic N) is 4. The zero-order chi connectivity index (χ0) is 13.1. The van der Waals surface area contributed by atoms with Crippen molar-refractivity contribution >= 4 is 0 Å². The van der Waals surface area contributed by atoms with Crippen LogP contribution >= 0.6 is 0 Å². The highest BCUT2D eigenvalue weighted by Gasteiger charge is 2.24. The van der Waals surface area contributed by atoms with Crippen LogP contribution in [-0.4, -0.2) is 39.3 Å². The predicted molar refractivity (Wildman–Crippen MR) is 76.0 cm³/mol. The predicted octanol–water partition coefficient (Wildman–Crippen LogP) is 2.50. The maximum Gasteiger partial charge on any atom is 0.138 e. The molecule has 0 bridgehead atoms. The molecule has 1 aliphatic carbocycles. The van der Waals surface area contributed by atoms with E-state index in [-0.39, 0.29) is 0 Å². The van der Waals surface area contributed by atoms with Crippen LogP contribution in [0.3, 0.4) is 0 Å². The van der Waals surface area contributed by atoms with Crippen LogP contribution in [0.5, 0.6) is 0 Å². The van der Waals surface area contributed by atoms with Crippen LogP contribution in [0.2, 0.25) is 0 Å². The van der Waals surface area contributed by atoms with Gasteiger partial charge in [0.25, 0.3) is 0 Å². The van der Waals surface area contributed by atoms with Crippen LogP contribution in [0.4, 0.5) is 0 Å². The molecule has 0 N–H and O–H groups in total. The van der Waals surface area contributed by atoms with Crippen LogP contribution in [-0.2, 0) is 13.0 Å². The molecule has 19 heavy (non-hydrogen) atoms. The molecule has 3 rings (SSSR count). The van der Waals surface area contributed by atoms with Gasteiger partial charge in [-0.2, -0.15) is 5.10 Å². The zero-order valence-corrected chi connectivity index (χ0v) is 12.1. The normalized spacial score (nSPS) is 26.1. The van der Waals surface area contributed by atoms with E-state index in [4.69, 9.17) is 0 Å². The van der Waals surface area contributed by atoms with Crippen LogP contribution in [0.1, 0.15) is 50.8 Å². The Kier molecular flexibility index (Phi) is 4.16. The van der Waals surface area contributed by atoms with Gasteiger partial charge in [0.1, 0.15) is 12.2 Å². The van der Waals surface area contributed by atoms with Crippen molar-refractivity contribution in [3.8, 4) is 0 Å². The fourth-order valence-corrected chi connectivity index (χ4v) is 3.66. The van der Waals surface area contributed by atoms with E-state index >= 15 is 0 Å². The molecule has 1 atom stereocenters. The summed E-state index contributed by atoms with van der Waals surface area (Å²) < 4.78 is 2.18. The largest absolute Gasteiger partial charge is 0.303 e. The van der Waals surface area contributed by atoms with Gasteiger partial charge in [-0.25, -0.2) is 9.67 Å². The molecule has 2 aliphatic rings. The molecular weight excluding hydrogens is 236 g/mol. The smallest absolute Gasteiger partial charge is 0.138 e. The quantitative estimate of drug-likeness (QED) is 0.836. The number of aromatic nitrogens is 3. The Labute approximate surface area is 116 Å². The first-order valence-electron chi connectivity index (χ1n) is 7.90. The van der Waals surface area contributed by atoms with Gasteiger partial charge in [0, 0.05) is 19.0 Å². The molecule has 2 heterocycles. The highest BCUT2D eigenvalue weighted by molar-refractivity contribution is 4.93. The maximum atomic E-state index is 4.50. The first-order valence-corrected chi connectivity index (χ1v) is 7.90. The van der Waals surface area contributed by atoms with E-state index in [2.05, 4.69) is 26.7 Å². The minimum Gasteiger partial charge on any atom is -0.303 e. The lowest BCUT2D eigenvalue weighted by Crippen LogP contribution is -2.28. The third kappa shape index (κ3) is 3.16. The molecule has 0 spiro atoms. The first kappa shape index (κ1) is 13.1. The van der Waals surface area contributed by atoms with Gasteiger partial charge in [-0.15, -0.1) is 0 Å². The SMILES string of the molecule is CN1CCC[C@H]1Cc1ncnn1CC1CCCCC1. The Morgan fingerprint density at radius 2 is 2.00 bits per heavy atom. The number of rotatable bonds is 4. The van der Waals surface area contributed by atoms with Crippen molar-refractivity contribution in [1.29, 1.82) is 0 Å². The summed E-state index contributed by atoms with van der Waals surface area (Å²) in [7, 11) is 2.24. The Bertz CT molecular complexity index is 395. The van der Waals surface area contributed by atoms with Crippen LogP contribution in [0.15, 0.2) is 6.33 Å². The summed E-state index contributed by atoms with van der Waals surface area (Å²) in [6, 6.07) is 0.675. The van der Waals surface area contributed by atoms with Crippen molar-refractivity contribution < 1.29 is 0 Å². The molecule has 1 aromatic rings. The number of hydrogen-bond acceptors (Lipinski definition) is 3. The minimum absolute atomic E-state index is 0.675. The lowest BCUT2D eigenvalue weighted by Gasteiger charge is -2.23. The summed E-state index contributed by atoms with van der Waals surface area (Å²) in [5.74, 6) is 2.03. The van der Waals surface area contributed by atoms with E-state index in [9.17, 15) is 0 Å². The molecular formula is C15H26N4. The minimum atomic E-state index is 0.675. The summed E-state index contributed by atoms with van der Waals surface area (Å²) in [5.41, 5.74) is 0. The van der Waals surface area contributed by atoms with Gasteiger partial charge < -0.3 is 4.90 Å². The average molecular weight is 262 g/mol. The molecule has 4 nitrogen and oxygen atoms in total. The highest BCUT2D eigenvalue weighted by Crippen LogP contribution is 2.25. The Morgan fingerprint density at radius 3 is 2.74 bits per heavy atom. The summed E-state index contributed by atoms with van der Waals surface area (Å²) in [5, 5.41) is 4.46. The van der Waals surface area contributed by atoms with Gasteiger partial charge in [-0.3, -0.25) is 0 Å². The second-order valence-corrected chi connectivity index (χ2v) is 6.34. The molecule has 0 unspecified atom stereocenters. The highest BCUT2D eigenvalue weighted by atomic mass is 15.3. The van der Waals surface area contributed by atoms with E-state index in [1.54, 1.807) is 6.33 Å². The van der Waals surface area contributed by atoms with Gasteiger partial charge in [0.05, 0.1) is 0 Å². The van der Waals surface area contributed by atoms with Crippen LogP contribution < -0.4 is 0 Å². The van der Waals surface area contributed by atoms with Gasteiger partial charge >= 0.3 is 0 Å². The van der Waals surface area contributed by atoms with Crippen molar-refractivity contribution in [2.75, 3.05) is 13.6 Å². The van der Waals surface area contributed by atoms with E-state index in [0.717, 1.165) is 18.9 Å². The summed E-state index contributed by atoms with van der Waals surface area (Å²) in [6.45, 7) is 2.33. The van der Waals surface area contributed by atoms with Crippen molar-refractivity contribution in [3.05, 3.63) is 12.2 Å². The second kappa shape index (κ2) is 6.04. The van der Waals surface area contributed by atoms with Gasteiger partial charge in [0.15, 0.2) is 0 Å². The molecule has 106 valence electrons. The molecule has 1 saturated carbocycles. The van der Waals surface area contributed by atoms with Crippen molar-refractivity contribution in [3.63, 3.8) is 0 Å². The molecule has 1 aromatic heterocycles. The first-order chi connectivity index (χ1) is 9.33. The topological polar surface area (TPSA) is 34.0 Å². The maximum absolute atomic E-state index is 4.50. The molecule has 4 heteroatoms. The van der Waals surface area contributed by atoms with Gasteiger partial charge in [-0.1, -0.05) is 19.3 Å². The van der Waals surface area contributed by atoms with Gasteiger partial charge in [0.2, 0.25) is 0 Å². The standard InChI is InChI=1S/C15H26N4/c1-18-9-5-8-14(18)10-15-16-12-17-19(15)11-13-6-3-2-4-7-13/h12-14H,2-11H2,1H3/t14-/m0/s1. The Balaban J connectivity index is 1.61. The monoisotopic (exact) mass is 262 g/mol.